The van der Waals surface area contributed by atoms with Crippen molar-refractivity contribution in [3.05, 3.63) is 30.6 Å². The van der Waals surface area contributed by atoms with E-state index in [1.807, 2.05) is 18.2 Å². The van der Waals surface area contributed by atoms with Gasteiger partial charge in [0.2, 0.25) is 0 Å². The van der Waals surface area contributed by atoms with Crippen molar-refractivity contribution in [1.29, 1.82) is 0 Å². The number of nitrogens with zero attached hydrogens (tertiary/aromatic N) is 1. The maximum Gasteiger partial charge on any atom is 0.169 e. The van der Waals surface area contributed by atoms with E-state index in [0.717, 1.165) is 5.75 Å². The zero-order valence-corrected chi connectivity index (χ0v) is 6.96. The molecule has 0 saturated carbocycles. The number of hydrogen-bond donors (Lipinski definition) is 1. The molecule has 2 heteroatoms. The zero-order chi connectivity index (χ0) is 7.40. The Morgan fingerprint density at radius 1 is 1.30 bits per heavy atom. The van der Waals surface area contributed by atoms with E-state index in [1.54, 1.807) is 0 Å². The lowest BCUT2D eigenvalue weighted by molar-refractivity contribution is -0.714. The van der Waals surface area contributed by atoms with Crippen LogP contribution in [0.15, 0.2) is 30.6 Å². The molecule has 0 aromatic carbocycles. The van der Waals surface area contributed by atoms with Crippen molar-refractivity contribution in [2.45, 2.75) is 13.0 Å². The lowest BCUT2D eigenvalue weighted by Crippen LogP contribution is -2.37. The van der Waals surface area contributed by atoms with Crippen LogP contribution in [0.25, 0.3) is 0 Å². The number of rotatable bonds is 2. The van der Waals surface area contributed by atoms with E-state index in [4.69, 9.17) is 0 Å². The summed E-state index contributed by atoms with van der Waals surface area (Å²) >= 11 is 4.21. The van der Waals surface area contributed by atoms with E-state index in [2.05, 4.69) is 36.5 Å². The van der Waals surface area contributed by atoms with Crippen molar-refractivity contribution in [3.8, 4) is 0 Å². The quantitative estimate of drug-likeness (QED) is 0.486. The molecule has 0 fully saturated rings. The third-order valence-corrected chi connectivity index (χ3v) is 2.04. The lowest BCUT2D eigenvalue weighted by atomic mass is 10.3. The first-order valence-corrected chi connectivity index (χ1v) is 4.04. The summed E-state index contributed by atoms with van der Waals surface area (Å²) in [6.07, 6.45) is 4.11. The van der Waals surface area contributed by atoms with Crippen LogP contribution in [0.4, 0.5) is 0 Å². The van der Waals surface area contributed by atoms with Crippen LogP contribution in [-0.2, 0) is 0 Å². The monoisotopic (exact) mass is 154 g/mol. The van der Waals surface area contributed by atoms with Crippen LogP contribution < -0.4 is 4.57 Å². The average Bonchev–Trinajstić information content (AvgIpc) is 2.05. The molecular formula is C8H12NS+. The van der Waals surface area contributed by atoms with Gasteiger partial charge in [-0.25, -0.2) is 4.57 Å². The SMILES string of the molecule is CC(CS)[n+]1ccccc1. The largest absolute Gasteiger partial charge is 0.202 e. The first-order chi connectivity index (χ1) is 4.84. The summed E-state index contributed by atoms with van der Waals surface area (Å²) in [4.78, 5) is 0. The molecular weight excluding hydrogens is 142 g/mol. The molecule has 1 aromatic heterocycles. The Hall–Kier alpha value is -0.500. The molecule has 1 rings (SSSR count). The second-order valence-corrected chi connectivity index (χ2v) is 2.72. The highest BCUT2D eigenvalue weighted by atomic mass is 32.1. The van der Waals surface area contributed by atoms with Crippen LogP contribution in [0.5, 0.6) is 0 Å². The number of aromatic nitrogens is 1. The van der Waals surface area contributed by atoms with Crippen LogP contribution in [0.1, 0.15) is 13.0 Å². The highest BCUT2D eigenvalue weighted by Crippen LogP contribution is 1.94. The van der Waals surface area contributed by atoms with E-state index in [0.29, 0.717) is 6.04 Å². The van der Waals surface area contributed by atoms with E-state index < -0.39 is 0 Å². The Kier molecular flexibility index (Phi) is 2.75. The first kappa shape index (κ1) is 7.61. The van der Waals surface area contributed by atoms with Crippen LogP contribution in [0.2, 0.25) is 0 Å². The summed E-state index contributed by atoms with van der Waals surface area (Å²) in [7, 11) is 0. The van der Waals surface area contributed by atoms with Crippen molar-refractivity contribution < 1.29 is 4.57 Å². The minimum absolute atomic E-state index is 0.490. The molecule has 0 saturated heterocycles. The molecule has 1 nitrogen and oxygen atoms in total. The van der Waals surface area contributed by atoms with Crippen molar-refractivity contribution in [2.24, 2.45) is 0 Å². The fourth-order valence-electron chi connectivity index (χ4n) is 0.800. The fourth-order valence-corrected chi connectivity index (χ4v) is 0.989. The lowest BCUT2D eigenvalue weighted by Gasteiger charge is -2.00. The van der Waals surface area contributed by atoms with Gasteiger partial charge in [-0.3, -0.25) is 0 Å². The molecule has 10 heavy (non-hydrogen) atoms. The Labute approximate surface area is 67.1 Å². The van der Waals surface area contributed by atoms with E-state index in [9.17, 15) is 0 Å². The van der Waals surface area contributed by atoms with Gasteiger partial charge < -0.3 is 0 Å². The predicted molar refractivity (Wildman–Crippen MR) is 45.2 cm³/mol. The van der Waals surface area contributed by atoms with Gasteiger partial charge in [-0.15, -0.1) is 0 Å². The van der Waals surface area contributed by atoms with Crippen molar-refractivity contribution in [3.63, 3.8) is 0 Å². The molecule has 1 atom stereocenters. The summed E-state index contributed by atoms with van der Waals surface area (Å²) in [5, 5.41) is 0. The molecule has 0 N–H and O–H groups in total. The number of thiol groups is 1. The second-order valence-electron chi connectivity index (χ2n) is 2.35. The molecule has 0 bridgehead atoms. The Bertz CT molecular complexity index is 186. The zero-order valence-electron chi connectivity index (χ0n) is 6.07. The molecule has 1 heterocycles. The summed E-state index contributed by atoms with van der Waals surface area (Å²) < 4.78 is 2.15. The molecule has 0 aliphatic heterocycles. The number of pyridine rings is 1. The normalized spacial score (nSPS) is 13.0. The average molecular weight is 154 g/mol. The topological polar surface area (TPSA) is 3.88 Å². The van der Waals surface area contributed by atoms with E-state index in [1.165, 1.54) is 0 Å². The van der Waals surface area contributed by atoms with Crippen LogP contribution >= 0.6 is 12.6 Å². The van der Waals surface area contributed by atoms with Gasteiger partial charge in [0.25, 0.3) is 0 Å². The maximum atomic E-state index is 4.21. The van der Waals surface area contributed by atoms with Gasteiger partial charge in [-0.1, -0.05) is 6.07 Å². The Balaban J connectivity index is 2.75. The highest BCUT2D eigenvalue weighted by molar-refractivity contribution is 7.80. The van der Waals surface area contributed by atoms with Gasteiger partial charge in [-0.2, -0.15) is 12.6 Å². The molecule has 0 aliphatic carbocycles. The highest BCUT2D eigenvalue weighted by Gasteiger charge is 2.06. The molecule has 0 aliphatic rings. The van der Waals surface area contributed by atoms with Gasteiger partial charge in [0.15, 0.2) is 18.4 Å². The molecule has 0 radical (unpaired) electrons. The molecule has 1 unspecified atom stereocenters. The van der Waals surface area contributed by atoms with Gasteiger partial charge in [0.05, 0.1) is 5.75 Å². The number of hydrogen-bond acceptors (Lipinski definition) is 1. The van der Waals surface area contributed by atoms with Gasteiger partial charge in [0.1, 0.15) is 0 Å². The third kappa shape index (κ3) is 1.74. The summed E-state index contributed by atoms with van der Waals surface area (Å²) in [6.45, 7) is 2.15. The molecule has 0 amide bonds. The minimum atomic E-state index is 0.490. The summed E-state index contributed by atoms with van der Waals surface area (Å²) in [5.74, 6) is 0.884. The Morgan fingerprint density at radius 3 is 2.40 bits per heavy atom. The smallest absolute Gasteiger partial charge is 0.169 e. The van der Waals surface area contributed by atoms with Gasteiger partial charge >= 0.3 is 0 Å². The molecule has 54 valence electrons. The molecule has 1 aromatic rings. The van der Waals surface area contributed by atoms with E-state index >= 15 is 0 Å². The van der Waals surface area contributed by atoms with Gasteiger partial charge in [-0.05, 0) is 6.92 Å². The van der Waals surface area contributed by atoms with Crippen LogP contribution in [-0.4, -0.2) is 5.75 Å². The Morgan fingerprint density at radius 2 is 1.90 bits per heavy atom. The van der Waals surface area contributed by atoms with Crippen LogP contribution in [0, 0.1) is 0 Å². The van der Waals surface area contributed by atoms with Crippen molar-refractivity contribution in [1.82, 2.24) is 0 Å². The summed E-state index contributed by atoms with van der Waals surface area (Å²) in [6, 6.07) is 6.56. The fraction of sp³-hybridized carbons (Fsp3) is 0.375. The molecule has 0 spiro atoms. The minimum Gasteiger partial charge on any atom is -0.202 e. The standard InChI is InChI=1S/C8H11NS/c1-8(7-10)9-5-3-2-4-6-9/h2-6,8H,7H2,1H3/p+1. The summed E-state index contributed by atoms with van der Waals surface area (Å²) in [5.41, 5.74) is 0. The second kappa shape index (κ2) is 3.62. The third-order valence-electron chi connectivity index (χ3n) is 1.51. The van der Waals surface area contributed by atoms with Crippen molar-refractivity contribution in [2.75, 3.05) is 5.75 Å². The van der Waals surface area contributed by atoms with Gasteiger partial charge in [0, 0.05) is 12.1 Å². The van der Waals surface area contributed by atoms with E-state index in [-0.39, 0.29) is 0 Å². The first-order valence-electron chi connectivity index (χ1n) is 3.41. The van der Waals surface area contributed by atoms with Crippen molar-refractivity contribution >= 4 is 12.6 Å². The van der Waals surface area contributed by atoms with Crippen LogP contribution in [0.3, 0.4) is 0 Å². The maximum absolute atomic E-state index is 4.21. The predicted octanol–water partition coefficient (Wildman–Crippen LogP) is 1.46.